The summed E-state index contributed by atoms with van der Waals surface area (Å²) in [6.07, 6.45) is 4.51. The number of hydrogen-bond acceptors (Lipinski definition) is 6. The SMILES string of the molecule is CC(C)(C)OC(=O)N1CCN(c2nccn3c(-c4ccc5c(c4)CC(=O)N5)c(Cc4ccccc4)nc23)CC1. The number of fused-ring (bicyclic) bond motifs is 2. The summed E-state index contributed by atoms with van der Waals surface area (Å²) in [5.41, 5.74) is 6.23. The molecule has 0 spiro atoms. The van der Waals surface area contributed by atoms with E-state index in [2.05, 4.69) is 32.8 Å². The molecule has 2 aromatic carbocycles. The summed E-state index contributed by atoms with van der Waals surface area (Å²) in [4.78, 5) is 38.4. The molecule has 2 amide bonds. The molecule has 1 N–H and O–H groups in total. The van der Waals surface area contributed by atoms with Gasteiger partial charge in [0.15, 0.2) is 11.5 Å². The second-order valence-electron chi connectivity index (χ2n) is 11.1. The van der Waals surface area contributed by atoms with Crippen molar-refractivity contribution in [2.75, 3.05) is 36.4 Å². The number of nitrogens with one attached hydrogen (secondary N) is 1. The molecule has 2 aliphatic rings. The number of amides is 2. The molecular weight excluding hydrogens is 492 g/mol. The molecular formula is C30H32N6O3. The Morgan fingerprint density at radius 1 is 1.05 bits per heavy atom. The molecule has 0 atom stereocenters. The third kappa shape index (κ3) is 5.04. The highest BCUT2D eigenvalue weighted by atomic mass is 16.6. The molecule has 2 aliphatic heterocycles. The van der Waals surface area contributed by atoms with Crippen molar-refractivity contribution >= 4 is 29.2 Å². The lowest BCUT2D eigenvalue weighted by molar-refractivity contribution is -0.115. The van der Waals surface area contributed by atoms with Crippen LogP contribution >= 0.6 is 0 Å². The molecule has 0 radical (unpaired) electrons. The maximum atomic E-state index is 12.6. The average molecular weight is 525 g/mol. The first kappa shape index (κ1) is 24.9. The van der Waals surface area contributed by atoms with Gasteiger partial charge < -0.3 is 19.9 Å². The van der Waals surface area contributed by atoms with Crippen LogP contribution in [0.5, 0.6) is 0 Å². The monoisotopic (exact) mass is 524 g/mol. The van der Waals surface area contributed by atoms with Crippen LogP contribution in [0, 0.1) is 0 Å². The number of anilines is 2. The van der Waals surface area contributed by atoms with Gasteiger partial charge in [-0.1, -0.05) is 36.4 Å². The van der Waals surface area contributed by atoms with Gasteiger partial charge in [-0.2, -0.15) is 0 Å². The van der Waals surface area contributed by atoms with Crippen LogP contribution in [0.15, 0.2) is 60.9 Å². The van der Waals surface area contributed by atoms with Crippen molar-refractivity contribution in [1.82, 2.24) is 19.3 Å². The van der Waals surface area contributed by atoms with E-state index >= 15 is 0 Å². The molecule has 200 valence electrons. The lowest BCUT2D eigenvalue weighted by Crippen LogP contribution is -2.50. The molecule has 9 heteroatoms. The van der Waals surface area contributed by atoms with Gasteiger partial charge in [-0.3, -0.25) is 9.20 Å². The molecule has 0 saturated carbocycles. The zero-order chi connectivity index (χ0) is 27.1. The Morgan fingerprint density at radius 3 is 2.56 bits per heavy atom. The van der Waals surface area contributed by atoms with Gasteiger partial charge in [0.2, 0.25) is 5.91 Å². The number of ether oxygens (including phenoxy) is 1. The number of aromatic nitrogens is 3. The minimum atomic E-state index is -0.524. The van der Waals surface area contributed by atoms with Gasteiger partial charge in [-0.25, -0.2) is 14.8 Å². The first-order valence-electron chi connectivity index (χ1n) is 13.3. The molecule has 1 saturated heterocycles. The highest BCUT2D eigenvalue weighted by molar-refractivity contribution is 5.99. The molecule has 0 bridgehead atoms. The molecule has 0 aliphatic carbocycles. The largest absolute Gasteiger partial charge is 0.444 e. The van der Waals surface area contributed by atoms with E-state index in [9.17, 15) is 9.59 Å². The summed E-state index contributed by atoms with van der Waals surface area (Å²) in [6, 6.07) is 16.4. The Bertz CT molecular complexity index is 1550. The molecule has 6 rings (SSSR count). The van der Waals surface area contributed by atoms with Crippen LogP contribution in [0.1, 0.15) is 37.6 Å². The number of piperazine rings is 1. The topological polar surface area (TPSA) is 92.1 Å². The molecule has 4 heterocycles. The van der Waals surface area contributed by atoms with Crippen LogP contribution in [0.3, 0.4) is 0 Å². The summed E-state index contributed by atoms with van der Waals surface area (Å²) in [5, 5.41) is 2.92. The van der Waals surface area contributed by atoms with Crippen molar-refractivity contribution in [3.8, 4) is 11.3 Å². The predicted octanol–water partition coefficient (Wildman–Crippen LogP) is 4.54. The minimum absolute atomic E-state index is 0.0156. The summed E-state index contributed by atoms with van der Waals surface area (Å²) < 4.78 is 7.67. The number of nitrogens with zero attached hydrogens (tertiary/aromatic N) is 5. The van der Waals surface area contributed by atoms with E-state index in [0.717, 1.165) is 39.7 Å². The maximum absolute atomic E-state index is 12.6. The molecule has 2 aromatic heterocycles. The van der Waals surface area contributed by atoms with E-state index in [1.807, 2.05) is 57.3 Å². The maximum Gasteiger partial charge on any atom is 0.410 e. The van der Waals surface area contributed by atoms with Gasteiger partial charge in [0, 0.05) is 56.2 Å². The number of imidazole rings is 1. The first-order valence-corrected chi connectivity index (χ1v) is 13.3. The van der Waals surface area contributed by atoms with Crippen LogP contribution < -0.4 is 10.2 Å². The van der Waals surface area contributed by atoms with Crippen LogP contribution in [0.4, 0.5) is 16.3 Å². The lowest BCUT2D eigenvalue weighted by atomic mass is 10.0. The third-order valence-electron chi connectivity index (χ3n) is 7.04. The van der Waals surface area contributed by atoms with Gasteiger partial charge in [-0.05, 0) is 44.0 Å². The van der Waals surface area contributed by atoms with Crippen LogP contribution in [-0.4, -0.2) is 63.0 Å². The van der Waals surface area contributed by atoms with E-state index < -0.39 is 5.60 Å². The number of benzene rings is 2. The van der Waals surface area contributed by atoms with E-state index in [4.69, 9.17) is 14.7 Å². The lowest BCUT2D eigenvalue weighted by Gasteiger charge is -2.36. The quantitative estimate of drug-likeness (QED) is 0.422. The van der Waals surface area contributed by atoms with Crippen molar-refractivity contribution in [2.45, 2.75) is 39.2 Å². The Labute approximate surface area is 227 Å². The fourth-order valence-electron chi connectivity index (χ4n) is 5.26. The number of carbonyl (C=O) groups excluding carboxylic acids is 2. The van der Waals surface area contributed by atoms with Gasteiger partial charge in [0.05, 0.1) is 17.8 Å². The van der Waals surface area contributed by atoms with Crippen molar-refractivity contribution in [1.29, 1.82) is 0 Å². The predicted molar refractivity (Wildman–Crippen MR) is 150 cm³/mol. The number of carbonyl (C=O) groups is 2. The third-order valence-corrected chi connectivity index (χ3v) is 7.04. The first-order chi connectivity index (χ1) is 18.7. The van der Waals surface area contributed by atoms with E-state index in [1.54, 1.807) is 11.1 Å². The Hall–Kier alpha value is -4.40. The van der Waals surface area contributed by atoms with Gasteiger partial charge in [0.25, 0.3) is 0 Å². The van der Waals surface area contributed by atoms with Crippen LogP contribution in [0.2, 0.25) is 0 Å². The number of hydrogen-bond donors (Lipinski definition) is 1. The minimum Gasteiger partial charge on any atom is -0.444 e. The van der Waals surface area contributed by atoms with E-state index in [-0.39, 0.29) is 12.0 Å². The van der Waals surface area contributed by atoms with Gasteiger partial charge >= 0.3 is 6.09 Å². The zero-order valence-corrected chi connectivity index (χ0v) is 22.5. The Morgan fingerprint density at radius 2 is 1.82 bits per heavy atom. The molecule has 9 nitrogen and oxygen atoms in total. The summed E-state index contributed by atoms with van der Waals surface area (Å²) >= 11 is 0. The fraction of sp³-hybridized carbons (Fsp3) is 0.333. The highest BCUT2D eigenvalue weighted by Crippen LogP contribution is 2.34. The van der Waals surface area contributed by atoms with Crippen molar-refractivity contribution in [3.63, 3.8) is 0 Å². The van der Waals surface area contributed by atoms with Crippen molar-refractivity contribution < 1.29 is 14.3 Å². The van der Waals surface area contributed by atoms with E-state index in [0.29, 0.717) is 39.0 Å². The van der Waals surface area contributed by atoms with Crippen molar-refractivity contribution in [3.05, 3.63) is 77.7 Å². The Balaban J connectivity index is 1.36. The zero-order valence-electron chi connectivity index (χ0n) is 22.5. The second-order valence-corrected chi connectivity index (χ2v) is 11.1. The molecule has 1 fully saturated rings. The summed E-state index contributed by atoms with van der Waals surface area (Å²) in [5.74, 6) is 0.807. The Kier molecular flexibility index (Phi) is 6.21. The normalized spacial score (nSPS) is 15.4. The summed E-state index contributed by atoms with van der Waals surface area (Å²) in [7, 11) is 0. The summed E-state index contributed by atoms with van der Waals surface area (Å²) in [6.45, 7) is 8.00. The van der Waals surface area contributed by atoms with Gasteiger partial charge in [-0.15, -0.1) is 0 Å². The van der Waals surface area contributed by atoms with Gasteiger partial charge in [0.1, 0.15) is 5.60 Å². The standard InChI is InChI=1S/C30H32N6O3/c1-30(2,3)39-29(38)35-15-13-34(14-16-35)27-28-33-24(17-20-7-5-4-6-8-20)26(36(28)12-11-31-27)21-9-10-23-22(18-21)19-25(37)32-23/h4-12,18H,13-17,19H2,1-3H3,(H,32,37). The molecule has 4 aromatic rings. The highest BCUT2D eigenvalue weighted by Gasteiger charge is 2.28. The van der Waals surface area contributed by atoms with Crippen molar-refractivity contribution in [2.24, 2.45) is 0 Å². The molecule has 39 heavy (non-hydrogen) atoms. The second kappa shape index (κ2) is 9.72. The van der Waals surface area contributed by atoms with E-state index in [1.165, 1.54) is 5.56 Å². The fourth-order valence-corrected chi connectivity index (χ4v) is 5.26. The number of rotatable bonds is 4. The smallest absolute Gasteiger partial charge is 0.410 e. The average Bonchev–Trinajstić information content (AvgIpc) is 3.46. The van der Waals surface area contributed by atoms with Crippen LogP contribution in [0.25, 0.3) is 16.9 Å². The van der Waals surface area contributed by atoms with Crippen LogP contribution in [-0.2, 0) is 22.4 Å². The molecule has 0 unspecified atom stereocenters.